The van der Waals surface area contributed by atoms with E-state index >= 15 is 0 Å². The molecular formula is C29H23N3. The van der Waals surface area contributed by atoms with Crippen LogP contribution in [0, 0.1) is 0 Å². The molecule has 2 aliphatic rings. The van der Waals surface area contributed by atoms with Gasteiger partial charge in [-0.1, -0.05) is 60.7 Å². The number of allylic oxidation sites excluding steroid dienone is 2. The molecule has 154 valence electrons. The summed E-state index contributed by atoms with van der Waals surface area (Å²) in [4.78, 5) is 11.7. The van der Waals surface area contributed by atoms with E-state index in [9.17, 15) is 0 Å². The molecule has 1 aliphatic heterocycles. The summed E-state index contributed by atoms with van der Waals surface area (Å²) in [7, 11) is 0. The van der Waals surface area contributed by atoms with E-state index < -0.39 is 0 Å². The van der Waals surface area contributed by atoms with Crippen LogP contribution < -0.4 is 4.90 Å². The number of rotatable bonds is 4. The van der Waals surface area contributed by atoms with Crippen LogP contribution in [0.5, 0.6) is 0 Å². The molecule has 2 aromatic carbocycles. The summed E-state index contributed by atoms with van der Waals surface area (Å²) in [5.41, 5.74) is 8.36. The molecule has 3 nitrogen and oxygen atoms in total. The van der Waals surface area contributed by atoms with Gasteiger partial charge in [-0.05, 0) is 60.0 Å². The minimum Gasteiger partial charge on any atom is -0.332 e. The monoisotopic (exact) mass is 413 g/mol. The van der Waals surface area contributed by atoms with Crippen LogP contribution in [0.15, 0.2) is 121 Å². The van der Waals surface area contributed by atoms with Crippen LogP contribution in [0.2, 0.25) is 0 Å². The molecule has 1 aliphatic carbocycles. The standard InChI is InChI=1S/C29H23N3/c1-2-10-24(11-3-1)32-27-15-14-22(20-25(27)29-28(32)13-7-17-31-29)18-21-8-6-9-23(19-21)26-12-4-5-16-30-26/h1-17,19-20,25,27H,18H2. The molecular weight excluding hydrogens is 390 g/mol. The Morgan fingerprint density at radius 2 is 1.66 bits per heavy atom. The summed E-state index contributed by atoms with van der Waals surface area (Å²) in [6.45, 7) is 0. The van der Waals surface area contributed by atoms with Gasteiger partial charge >= 0.3 is 0 Å². The molecule has 2 unspecified atom stereocenters. The first kappa shape index (κ1) is 18.8. The van der Waals surface area contributed by atoms with Gasteiger partial charge in [0.05, 0.1) is 23.1 Å². The van der Waals surface area contributed by atoms with E-state index in [4.69, 9.17) is 4.98 Å². The number of pyridine rings is 2. The van der Waals surface area contributed by atoms with Crippen LogP contribution in [0.3, 0.4) is 0 Å². The van der Waals surface area contributed by atoms with Crippen molar-refractivity contribution in [2.45, 2.75) is 18.4 Å². The van der Waals surface area contributed by atoms with E-state index in [-0.39, 0.29) is 12.0 Å². The normalized spacial score (nSPS) is 18.8. The summed E-state index contributed by atoms with van der Waals surface area (Å²) < 4.78 is 0. The smallest absolute Gasteiger partial charge is 0.0733 e. The SMILES string of the molecule is C1=CC2C(C=C1Cc1cccc(-c3ccccn3)c1)c1ncccc1N2c1ccccc1. The lowest BCUT2D eigenvalue weighted by atomic mass is 9.88. The molecule has 0 fully saturated rings. The van der Waals surface area contributed by atoms with Crippen molar-refractivity contribution in [3.8, 4) is 11.3 Å². The highest BCUT2D eigenvalue weighted by Gasteiger charge is 2.39. The molecule has 2 atom stereocenters. The van der Waals surface area contributed by atoms with Gasteiger partial charge in [0.1, 0.15) is 0 Å². The van der Waals surface area contributed by atoms with Crippen LogP contribution in [-0.4, -0.2) is 16.0 Å². The van der Waals surface area contributed by atoms with Crippen LogP contribution in [0.1, 0.15) is 17.2 Å². The van der Waals surface area contributed by atoms with Crippen molar-refractivity contribution >= 4 is 11.4 Å². The molecule has 0 saturated carbocycles. The van der Waals surface area contributed by atoms with E-state index in [0.717, 1.165) is 23.4 Å². The van der Waals surface area contributed by atoms with Gasteiger partial charge in [0.2, 0.25) is 0 Å². The Bertz CT molecular complexity index is 1310. The fourth-order valence-electron chi connectivity index (χ4n) is 4.87. The van der Waals surface area contributed by atoms with Crippen molar-refractivity contribution in [3.05, 3.63) is 132 Å². The lowest BCUT2D eigenvalue weighted by Gasteiger charge is -2.29. The fraction of sp³-hybridized carbons (Fsp3) is 0.103. The second kappa shape index (κ2) is 7.93. The Morgan fingerprint density at radius 3 is 2.53 bits per heavy atom. The van der Waals surface area contributed by atoms with E-state index in [0.29, 0.717) is 0 Å². The second-order valence-corrected chi connectivity index (χ2v) is 8.32. The lowest BCUT2D eigenvalue weighted by molar-refractivity contribution is 0.723. The van der Waals surface area contributed by atoms with Crippen LogP contribution >= 0.6 is 0 Å². The van der Waals surface area contributed by atoms with Crippen molar-refractivity contribution in [3.63, 3.8) is 0 Å². The Labute approximate surface area is 188 Å². The predicted molar refractivity (Wildman–Crippen MR) is 130 cm³/mol. The quantitative estimate of drug-likeness (QED) is 0.383. The Hall–Kier alpha value is -3.98. The van der Waals surface area contributed by atoms with E-state index in [1.54, 1.807) is 0 Å². The fourth-order valence-corrected chi connectivity index (χ4v) is 4.87. The zero-order valence-corrected chi connectivity index (χ0v) is 17.7. The van der Waals surface area contributed by atoms with Gasteiger partial charge in [-0.25, -0.2) is 0 Å². The van der Waals surface area contributed by atoms with Gasteiger partial charge in [0.25, 0.3) is 0 Å². The van der Waals surface area contributed by atoms with E-state index in [2.05, 4.69) is 94.8 Å². The number of para-hydroxylation sites is 1. The number of anilines is 2. The average Bonchev–Trinajstić information content (AvgIpc) is 3.19. The first-order valence-corrected chi connectivity index (χ1v) is 11.1. The highest BCUT2D eigenvalue weighted by molar-refractivity contribution is 5.74. The van der Waals surface area contributed by atoms with Crippen LogP contribution in [0.4, 0.5) is 11.4 Å². The Kier molecular flexibility index (Phi) is 4.65. The van der Waals surface area contributed by atoms with Gasteiger partial charge in [-0.15, -0.1) is 0 Å². The number of aromatic nitrogens is 2. The van der Waals surface area contributed by atoms with Gasteiger partial charge in [-0.3, -0.25) is 9.97 Å². The number of hydrogen-bond acceptors (Lipinski definition) is 3. The second-order valence-electron chi connectivity index (χ2n) is 8.32. The van der Waals surface area contributed by atoms with Crippen LogP contribution in [0.25, 0.3) is 11.3 Å². The molecule has 4 aromatic rings. The molecule has 0 saturated heterocycles. The van der Waals surface area contributed by atoms with Crippen molar-refractivity contribution in [1.82, 2.24) is 9.97 Å². The third-order valence-electron chi connectivity index (χ3n) is 6.29. The molecule has 0 bridgehead atoms. The molecule has 0 amide bonds. The highest BCUT2D eigenvalue weighted by atomic mass is 15.2. The first-order valence-electron chi connectivity index (χ1n) is 11.1. The summed E-state index contributed by atoms with van der Waals surface area (Å²) in [5.74, 6) is 0.255. The zero-order chi connectivity index (χ0) is 21.3. The molecule has 3 heterocycles. The minimum absolute atomic E-state index is 0.255. The Morgan fingerprint density at radius 1 is 0.781 bits per heavy atom. The van der Waals surface area contributed by atoms with Gasteiger partial charge in [0.15, 0.2) is 0 Å². The third kappa shape index (κ3) is 3.32. The highest BCUT2D eigenvalue weighted by Crippen LogP contribution is 2.47. The first-order chi connectivity index (χ1) is 15.9. The minimum atomic E-state index is 0.255. The third-order valence-corrected chi connectivity index (χ3v) is 6.29. The lowest BCUT2D eigenvalue weighted by Crippen LogP contribution is -2.29. The number of nitrogens with zero attached hydrogens (tertiary/aromatic N) is 3. The predicted octanol–water partition coefficient (Wildman–Crippen LogP) is 6.49. The van der Waals surface area contributed by atoms with E-state index in [1.165, 1.54) is 22.5 Å². The summed E-state index contributed by atoms with van der Waals surface area (Å²) in [6, 6.07) is 29.8. The largest absolute Gasteiger partial charge is 0.332 e. The van der Waals surface area contributed by atoms with Crippen molar-refractivity contribution in [1.29, 1.82) is 0 Å². The maximum Gasteiger partial charge on any atom is 0.0733 e. The molecule has 0 N–H and O–H groups in total. The van der Waals surface area contributed by atoms with Crippen molar-refractivity contribution in [2.24, 2.45) is 0 Å². The summed E-state index contributed by atoms with van der Waals surface area (Å²) >= 11 is 0. The molecule has 3 heteroatoms. The molecule has 0 spiro atoms. The Balaban J connectivity index is 1.32. The number of benzene rings is 2. The summed E-state index contributed by atoms with van der Waals surface area (Å²) in [6.07, 6.45) is 11.7. The maximum atomic E-state index is 4.79. The number of fused-ring (bicyclic) bond motifs is 3. The molecule has 32 heavy (non-hydrogen) atoms. The van der Waals surface area contributed by atoms with Crippen molar-refractivity contribution < 1.29 is 0 Å². The maximum absolute atomic E-state index is 4.79. The summed E-state index contributed by atoms with van der Waals surface area (Å²) in [5, 5.41) is 0. The average molecular weight is 414 g/mol. The van der Waals surface area contributed by atoms with Gasteiger partial charge in [0, 0.05) is 29.6 Å². The molecule has 0 radical (unpaired) electrons. The molecule has 2 aromatic heterocycles. The van der Waals surface area contributed by atoms with E-state index in [1.807, 2.05) is 30.6 Å². The number of hydrogen-bond donors (Lipinski definition) is 0. The van der Waals surface area contributed by atoms with Crippen LogP contribution in [-0.2, 0) is 6.42 Å². The van der Waals surface area contributed by atoms with Crippen molar-refractivity contribution in [2.75, 3.05) is 4.90 Å². The van der Waals surface area contributed by atoms with Gasteiger partial charge in [-0.2, -0.15) is 0 Å². The topological polar surface area (TPSA) is 29.0 Å². The zero-order valence-electron chi connectivity index (χ0n) is 17.7. The molecule has 6 rings (SSSR count). The van der Waals surface area contributed by atoms with Gasteiger partial charge < -0.3 is 4.90 Å².